The van der Waals surface area contributed by atoms with Crippen molar-refractivity contribution in [3.05, 3.63) is 18.0 Å². The molecule has 1 aromatic rings. The third kappa shape index (κ3) is 2.02. The van der Waals surface area contributed by atoms with E-state index < -0.39 is 0 Å². The van der Waals surface area contributed by atoms with E-state index in [0.717, 1.165) is 25.3 Å². The fraction of sp³-hybridized carbons (Fsp3) is 0.600. The lowest BCUT2D eigenvalue weighted by molar-refractivity contribution is 0.163. The minimum atomic E-state index is -0.0305. The highest BCUT2D eigenvalue weighted by molar-refractivity contribution is 5.76. The quantitative estimate of drug-likeness (QED) is 0.673. The van der Waals surface area contributed by atoms with Gasteiger partial charge in [-0.25, -0.2) is 4.79 Å². The first-order chi connectivity index (χ1) is 7.18. The lowest BCUT2D eigenvalue weighted by atomic mass is 10.2. The van der Waals surface area contributed by atoms with Crippen molar-refractivity contribution < 1.29 is 4.79 Å². The Balaban J connectivity index is 2.13. The van der Waals surface area contributed by atoms with E-state index in [9.17, 15) is 4.79 Å². The van der Waals surface area contributed by atoms with E-state index in [1.54, 1.807) is 6.20 Å². The zero-order valence-corrected chi connectivity index (χ0v) is 9.10. The van der Waals surface area contributed by atoms with Crippen LogP contribution in [0.1, 0.15) is 12.6 Å². The second-order valence-electron chi connectivity index (χ2n) is 3.93. The fourth-order valence-electron chi connectivity index (χ4n) is 1.78. The van der Waals surface area contributed by atoms with Crippen LogP contribution in [0.4, 0.5) is 4.79 Å². The topological polar surface area (TPSA) is 50.2 Å². The average molecular weight is 208 g/mol. The highest BCUT2D eigenvalue weighted by atomic mass is 16.2. The Morgan fingerprint density at radius 2 is 2.47 bits per heavy atom. The molecule has 1 N–H and O–H groups in total. The predicted molar refractivity (Wildman–Crippen MR) is 56.8 cm³/mol. The molecule has 5 nitrogen and oxygen atoms in total. The summed E-state index contributed by atoms with van der Waals surface area (Å²) in [6.07, 6.45) is 1.71. The Morgan fingerprint density at radius 3 is 3.07 bits per heavy atom. The van der Waals surface area contributed by atoms with Crippen LogP contribution in [0, 0.1) is 6.92 Å². The van der Waals surface area contributed by atoms with E-state index in [-0.39, 0.29) is 12.1 Å². The van der Waals surface area contributed by atoms with Gasteiger partial charge in [-0.05, 0) is 19.9 Å². The van der Waals surface area contributed by atoms with E-state index in [1.165, 1.54) is 4.68 Å². The molecule has 1 atom stereocenters. The molecule has 0 saturated carbocycles. The first-order valence-electron chi connectivity index (χ1n) is 5.22. The van der Waals surface area contributed by atoms with E-state index in [2.05, 4.69) is 10.4 Å². The maximum absolute atomic E-state index is 12.0. The van der Waals surface area contributed by atoms with Crippen molar-refractivity contribution in [3.63, 3.8) is 0 Å². The van der Waals surface area contributed by atoms with Crippen molar-refractivity contribution in [1.82, 2.24) is 20.0 Å². The monoisotopic (exact) mass is 208 g/mol. The number of nitrogens with zero attached hydrogens (tertiary/aromatic N) is 3. The second kappa shape index (κ2) is 4.02. The Kier molecular flexibility index (Phi) is 2.73. The Bertz CT molecular complexity index is 360. The lowest BCUT2D eigenvalue weighted by Gasteiger charge is -2.33. The summed E-state index contributed by atoms with van der Waals surface area (Å²) in [4.78, 5) is 13.9. The van der Waals surface area contributed by atoms with Gasteiger partial charge in [-0.3, -0.25) is 0 Å². The van der Waals surface area contributed by atoms with Crippen molar-refractivity contribution in [2.75, 3.05) is 19.6 Å². The molecule has 0 aliphatic carbocycles. The Labute approximate surface area is 89.1 Å². The van der Waals surface area contributed by atoms with Gasteiger partial charge in [-0.1, -0.05) is 0 Å². The van der Waals surface area contributed by atoms with Crippen LogP contribution in [-0.2, 0) is 0 Å². The van der Waals surface area contributed by atoms with Crippen LogP contribution < -0.4 is 5.32 Å². The van der Waals surface area contributed by atoms with Gasteiger partial charge in [0.25, 0.3) is 0 Å². The molecule has 82 valence electrons. The summed E-state index contributed by atoms with van der Waals surface area (Å²) in [5.74, 6) is 0. The van der Waals surface area contributed by atoms with Crippen LogP contribution >= 0.6 is 0 Å². The summed E-state index contributed by atoms with van der Waals surface area (Å²) in [6.45, 7) is 6.38. The molecule has 2 heterocycles. The van der Waals surface area contributed by atoms with Gasteiger partial charge in [0.1, 0.15) is 0 Å². The molecule has 1 saturated heterocycles. The summed E-state index contributed by atoms with van der Waals surface area (Å²) in [5.41, 5.74) is 0.867. The van der Waals surface area contributed by atoms with Crippen LogP contribution in [0.2, 0.25) is 0 Å². The molecule has 1 aromatic heterocycles. The number of carbonyl (C=O) groups is 1. The van der Waals surface area contributed by atoms with Gasteiger partial charge in [0.05, 0.1) is 5.69 Å². The molecule has 0 spiro atoms. The van der Waals surface area contributed by atoms with Gasteiger partial charge in [0, 0.05) is 31.9 Å². The molecule has 1 fully saturated rings. The zero-order valence-electron chi connectivity index (χ0n) is 9.10. The highest BCUT2D eigenvalue weighted by Gasteiger charge is 2.24. The first kappa shape index (κ1) is 10.2. The normalized spacial score (nSPS) is 21.7. The molecule has 2 rings (SSSR count). The van der Waals surface area contributed by atoms with Crippen LogP contribution in [0.15, 0.2) is 12.3 Å². The maximum Gasteiger partial charge on any atom is 0.344 e. The number of aryl methyl sites for hydroxylation is 1. The van der Waals surface area contributed by atoms with Gasteiger partial charge >= 0.3 is 6.03 Å². The van der Waals surface area contributed by atoms with Crippen molar-refractivity contribution in [2.24, 2.45) is 0 Å². The van der Waals surface area contributed by atoms with Crippen LogP contribution in [-0.4, -0.2) is 46.4 Å². The van der Waals surface area contributed by atoms with Crippen molar-refractivity contribution in [2.45, 2.75) is 19.9 Å². The second-order valence-corrected chi connectivity index (χ2v) is 3.93. The van der Waals surface area contributed by atoms with Crippen LogP contribution in [0.25, 0.3) is 0 Å². The summed E-state index contributed by atoms with van der Waals surface area (Å²) in [7, 11) is 0. The van der Waals surface area contributed by atoms with Gasteiger partial charge in [0.15, 0.2) is 0 Å². The zero-order chi connectivity index (χ0) is 10.8. The minimum absolute atomic E-state index is 0.0305. The number of amides is 1. The van der Waals surface area contributed by atoms with Crippen molar-refractivity contribution >= 4 is 6.03 Å². The van der Waals surface area contributed by atoms with Gasteiger partial charge in [-0.2, -0.15) is 9.78 Å². The van der Waals surface area contributed by atoms with E-state index in [0.29, 0.717) is 0 Å². The number of carbonyl (C=O) groups excluding carboxylic acids is 1. The number of piperazine rings is 1. The molecule has 1 amide bonds. The SMILES string of the molecule is Cc1ccn(C(=O)N2CCNCC2C)n1. The minimum Gasteiger partial charge on any atom is -0.318 e. The van der Waals surface area contributed by atoms with Crippen molar-refractivity contribution in [3.8, 4) is 0 Å². The first-order valence-corrected chi connectivity index (χ1v) is 5.22. The smallest absolute Gasteiger partial charge is 0.318 e. The summed E-state index contributed by atoms with van der Waals surface area (Å²) >= 11 is 0. The number of hydrogen-bond donors (Lipinski definition) is 1. The number of aromatic nitrogens is 2. The van der Waals surface area contributed by atoms with E-state index in [4.69, 9.17) is 0 Å². The summed E-state index contributed by atoms with van der Waals surface area (Å²) < 4.78 is 1.41. The molecular weight excluding hydrogens is 192 g/mol. The Hall–Kier alpha value is -1.36. The maximum atomic E-state index is 12.0. The summed E-state index contributed by atoms with van der Waals surface area (Å²) in [6, 6.07) is 2.04. The highest BCUT2D eigenvalue weighted by Crippen LogP contribution is 2.05. The molecule has 0 bridgehead atoms. The molecule has 0 radical (unpaired) electrons. The molecule has 15 heavy (non-hydrogen) atoms. The molecular formula is C10H16N4O. The lowest BCUT2D eigenvalue weighted by Crippen LogP contribution is -2.53. The van der Waals surface area contributed by atoms with E-state index in [1.807, 2.05) is 24.8 Å². The molecule has 1 unspecified atom stereocenters. The third-order valence-corrected chi connectivity index (χ3v) is 2.67. The third-order valence-electron chi connectivity index (χ3n) is 2.67. The average Bonchev–Trinajstić information content (AvgIpc) is 2.65. The largest absolute Gasteiger partial charge is 0.344 e. The van der Waals surface area contributed by atoms with E-state index >= 15 is 0 Å². The van der Waals surface area contributed by atoms with Crippen LogP contribution in [0.5, 0.6) is 0 Å². The standard InChI is InChI=1S/C10H16N4O/c1-8-3-5-14(12-8)10(15)13-6-4-11-7-9(13)2/h3,5,9,11H,4,6-7H2,1-2H3. The van der Waals surface area contributed by atoms with Gasteiger partial charge < -0.3 is 10.2 Å². The molecule has 5 heteroatoms. The van der Waals surface area contributed by atoms with Crippen molar-refractivity contribution in [1.29, 1.82) is 0 Å². The Morgan fingerprint density at radius 1 is 1.67 bits per heavy atom. The fourth-order valence-corrected chi connectivity index (χ4v) is 1.78. The van der Waals surface area contributed by atoms with Gasteiger partial charge in [0.2, 0.25) is 0 Å². The van der Waals surface area contributed by atoms with Crippen LogP contribution in [0.3, 0.4) is 0 Å². The number of hydrogen-bond acceptors (Lipinski definition) is 3. The molecule has 1 aliphatic rings. The molecule has 0 aromatic carbocycles. The predicted octanol–water partition coefficient (Wildman–Crippen LogP) is 0.453. The molecule has 1 aliphatic heterocycles. The van der Waals surface area contributed by atoms with Gasteiger partial charge in [-0.15, -0.1) is 0 Å². The number of rotatable bonds is 0. The number of nitrogens with one attached hydrogen (secondary N) is 1. The summed E-state index contributed by atoms with van der Waals surface area (Å²) in [5, 5.41) is 7.38.